The Bertz CT molecular complexity index is 817. The van der Waals surface area contributed by atoms with E-state index in [1.54, 1.807) is 12.1 Å². The third-order valence-electron chi connectivity index (χ3n) is 3.93. The van der Waals surface area contributed by atoms with E-state index in [1.165, 1.54) is 7.11 Å². The Morgan fingerprint density at radius 3 is 2.63 bits per heavy atom. The summed E-state index contributed by atoms with van der Waals surface area (Å²) in [5.74, 6) is -0.297. The number of nitrogens with one attached hydrogen (secondary N) is 1. The minimum Gasteiger partial charge on any atom is -0.465 e. The number of carbonyl (C=O) groups excluding carboxylic acids is 2. The van der Waals surface area contributed by atoms with Gasteiger partial charge < -0.3 is 15.4 Å². The van der Waals surface area contributed by atoms with E-state index in [0.29, 0.717) is 10.7 Å². The maximum atomic E-state index is 12.1. The van der Waals surface area contributed by atoms with Gasteiger partial charge in [0.2, 0.25) is 5.91 Å². The number of hydrogen-bond acceptors (Lipinski definition) is 3. The summed E-state index contributed by atoms with van der Waals surface area (Å²) < 4.78 is 5.60. The standard InChI is InChI=1S/C19H19BrCl2N2O3/c1-27-18(26)11-23-19(13-4-2-3-5-15(13)22)14-10-12(20)6-7-16(14)24-17(25)8-9-21/h2-7,10,19,23H,8-9,11H2,1H3,(H,24,25)/p+1/t19-/m1/s1. The van der Waals surface area contributed by atoms with Gasteiger partial charge in [0, 0.05) is 27.9 Å². The van der Waals surface area contributed by atoms with Crippen molar-refractivity contribution in [2.24, 2.45) is 0 Å². The Morgan fingerprint density at radius 1 is 1.22 bits per heavy atom. The van der Waals surface area contributed by atoms with Crippen molar-refractivity contribution in [3.05, 3.63) is 63.1 Å². The Kier molecular flexibility index (Phi) is 8.57. The molecular weight excluding hydrogens is 455 g/mol. The van der Waals surface area contributed by atoms with Crippen LogP contribution in [0.5, 0.6) is 0 Å². The molecule has 2 rings (SSSR count). The smallest absolute Gasteiger partial charge is 0.361 e. The predicted octanol–water partition coefficient (Wildman–Crippen LogP) is 3.50. The van der Waals surface area contributed by atoms with Crippen molar-refractivity contribution in [2.45, 2.75) is 12.5 Å². The molecule has 0 aliphatic rings. The topological polar surface area (TPSA) is 72.0 Å². The minimum atomic E-state index is -0.352. The van der Waals surface area contributed by atoms with E-state index in [0.717, 1.165) is 15.6 Å². The van der Waals surface area contributed by atoms with Gasteiger partial charge in [-0.1, -0.05) is 45.7 Å². The number of anilines is 1. The van der Waals surface area contributed by atoms with E-state index in [-0.39, 0.29) is 36.8 Å². The van der Waals surface area contributed by atoms with Gasteiger partial charge in [-0.2, -0.15) is 0 Å². The SMILES string of the molecule is COC(=O)C[NH2+][C@H](c1ccccc1Cl)c1cc(Br)ccc1NC(=O)CCCl. The lowest BCUT2D eigenvalue weighted by Gasteiger charge is -2.21. The summed E-state index contributed by atoms with van der Waals surface area (Å²) in [6.45, 7) is 0.105. The predicted molar refractivity (Wildman–Crippen MR) is 110 cm³/mol. The molecule has 0 unspecified atom stereocenters. The highest BCUT2D eigenvalue weighted by Gasteiger charge is 2.25. The molecule has 1 amide bonds. The molecule has 0 radical (unpaired) electrons. The molecule has 3 N–H and O–H groups in total. The lowest BCUT2D eigenvalue weighted by Crippen LogP contribution is -2.87. The molecule has 5 nitrogen and oxygen atoms in total. The summed E-state index contributed by atoms with van der Waals surface area (Å²) in [6, 6.07) is 12.6. The molecule has 0 saturated heterocycles. The molecule has 0 aliphatic heterocycles. The average molecular weight is 475 g/mol. The Labute approximate surface area is 176 Å². The Hall–Kier alpha value is -1.60. The van der Waals surface area contributed by atoms with Gasteiger partial charge in [0.25, 0.3) is 0 Å². The number of halogens is 3. The van der Waals surface area contributed by atoms with Crippen molar-refractivity contribution in [2.75, 3.05) is 24.9 Å². The van der Waals surface area contributed by atoms with Crippen LogP contribution in [-0.2, 0) is 14.3 Å². The van der Waals surface area contributed by atoms with Crippen molar-refractivity contribution < 1.29 is 19.6 Å². The normalized spacial score (nSPS) is 11.7. The highest BCUT2D eigenvalue weighted by molar-refractivity contribution is 9.10. The van der Waals surface area contributed by atoms with Crippen molar-refractivity contribution in [3.63, 3.8) is 0 Å². The van der Waals surface area contributed by atoms with Gasteiger partial charge in [-0.15, -0.1) is 11.6 Å². The van der Waals surface area contributed by atoms with Crippen LogP contribution in [0.4, 0.5) is 5.69 Å². The number of methoxy groups -OCH3 is 1. The minimum absolute atomic E-state index is 0.105. The van der Waals surface area contributed by atoms with Crippen LogP contribution >= 0.6 is 39.1 Å². The third kappa shape index (κ3) is 6.21. The number of nitrogens with two attached hydrogens (primary N) is 1. The fourth-order valence-corrected chi connectivity index (χ4v) is 3.45. The average Bonchev–Trinajstić information content (AvgIpc) is 2.65. The molecule has 144 valence electrons. The second kappa shape index (κ2) is 10.7. The quantitative estimate of drug-likeness (QED) is 0.454. The molecule has 1 atom stereocenters. The zero-order valence-electron chi connectivity index (χ0n) is 14.7. The highest BCUT2D eigenvalue weighted by atomic mass is 79.9. The molecular formula is C19H20BrCl2N2O3+. The number of alkyl halides is 1. The van der Waals surface area contributed by atoms with Gasteiger partial charge in [-0.05, 0) is 24.3 Å². The van der Waals surface area contributed by atoms with Crippen LogP contribution in [0.1, 0.15) is 23.6 Å². The fourth-order valence-electron chi connectivity index (χ4n) is 2.65. The van der Waals surface area contributed by atoms with E-state index in [1.807, 2.05) is 35.6 Å². The summed E-state index contributed by atoms with van der Waals surface area (Å²) >= 11 is 15.6. The van der Waals surface area contributed by atoms with Crippen LogP contribution in [0.2, 0.25) is 5.02 Å². The summed E-state index contributed by atoms with van der Waals surface area (Å²) in [6.07, 6.45) is 0.208. The van der Waals surface area contributed by atoms with E-state index in [2.05, 4.69) is 21.2 Å². The maximum Gasteiger partial charge on any atom is 0.361 e. The molecule has 0 saturated carbocycles. The first-order valence-corrected chi connectivity index (χ1v) is 9.96. The van der Waals surface area contributed by atoms with Gasteiger partial charge in [0.05, 0.1) is 17.8 Å². The van der Waals surface area contributed by atoms with Gasteiger partial charge in [-0.25, -0.2) is 4.79 Å². The first kappa shape index (κ1) is 21.7. The number of quaternary nitrogens is 1. The second-order valence-electron chi connectivity index (χ2n) is 5.73. The summed E-state index contributed by atoms with van der Waals surface area (Å²) in [5, 5.41) is 5.28. The molecule has 0 spiro atoms. The maximum absolute atomic E-state index is 12.1. The zero-order chi connectivity index (χ0) is 19.8. The molecule has 2 aromatic carbocycles. The molecule has 0 heterocycles. The summed E-state index contributed by atoms with van der Waals surface area (Å²) in [7, 11) is 1.34. The van der Waals surface area contributed by atoms with E-state index < -0.39 is 0 Å². The van der Waals surface area contributed by atoms with Crippen molar-refractivity contribution in [3.8, 4) is 0 Å². The highest BCUT2D eigenvalue weighted by Crippen LogP contribution is 2.32. The van der Waals surface area contributed by atoms with Gasteiger partial charge in [-0.3, -0.25) is 4.79 Å². The number of rotatable bonds is 8. The molecule has 0 aromatic heterocycles. The van der Waals surface area contributed by atoms with Crippen molar-refractivity contribution in [1.82, 2.24) is 0 Å². The third-order valence-corrected chi connectivity index (χ3v) is 4.96. The molecule has 8 heteroatoms. The van der Waals surface area contributed by atoms with Crippen molar-refractivity contribution >= 4 is 56.7 Å². The summed E-state index contributed by atoms with van der Waals surface area (Å²) in [4.78, 5) is 23.8. The molecule has 0 aliphatic carbocycles. The number of hydrogen-bond donors (Lipinski definition) is 2. The first-order chi connectivity index (χ1) is 13.0. The number of esters is 1. The van der Waals surface area contributed by atoms with Gasteiger partial charge in [0.1, 0.15) is 6.04 Å². The van der Waals surface area contributed by atoms with Crippen LogP contribution in [0.15, 0.2) is 46.9 Å². The molecule has 27 heavy (non-hydrogen) atoms. The Morgan fingerprint density at radius 2 is 1.96 bits per heavy atom. The number of benzene rings is 2. The first-order valence-electron chi connectivity index (χ1n) is 8.26. The van der Waals surface area contributed by atoms with Gasteiger partial charge in [0.15, 0.2) is 6.54 Å². The van der Waals surface area contributed by atoms with Crippen molar-refractivity contribution in [1.29, 1.82) is 0 Å². The lowest BCUT2D eigenvalue weighted by molar-refractivity contribution is -0.677. The fraction of sp³-hybridized carbons (Fsp3) is 0.263. The number of amides is 1. The zero-order valence-corrected chi connectivity index (χ0v) is 17.8. The Balaban J connectivity index is 2.47. The largest absolute Gasteiger partial charge is 0.465 e. The van der Waals surface area contributed by atoms with Crippen LogP contribution < -0.4 is 10.6 Å². The lowest BCUT2D eigenvalue weighted by atomic mass is 9.96. The monoisotopic (exact) mass is 473 g/mol. The van der Waals surface area contributed by atoms with E-state index in [9.17, 15) is 9.59 Å². The van der Waals surface area contributed by atoms with Crippen LogP contribution in [0, 0.1) is 0 Å². The van der Waals surface area contributed by atoms with Crippen LogP contribution in [0.25, 0.3) is 0 Å². The number of carbonyl (C=O) groups is 2. The van der Waals surface area contributed by atoms with E-state index >= 15 is 0 Å². The van der Waals surface area contributed by atoms with Crippen LogP contribution in [0.3, 0.4) is 0 Å². The summed E-state index contributed by atoms with van der Waals surface area (Å²) in [5.41, 5.74) is 2.28. The molecule has 2 aromatic rings. The second-order valence-corrected chi connectivity index (χ2v) is 7.43. The van der Waals surface area contributed by atoms with Gasteiger partial charge >= 0.3 is 5.97 Å². The molecule has 0 bridgehead atoms. The number of ether oxygens (including phenoxy) is 1. The van der Waals surface area contributed by atoms with Crippen LogP contribution in [-0.4, -0.2) is 31.4 Å². The van der Waals surface area contributed by atoms with E-state index in [4.69, 9.17) is 27.9 Å². The molecule has 0 fully saturated rings.